The van der Waals surface area contributed by atoms with Crippen molar-refractivity contribution in [3.63, 3.8) is 0 Å². The summed E-state index contributed by atoms with van der Waals surface area (Å²) in [7, 11) is 0. The summed E-state index contributed by atoms with van der Waals surface area (Å²) in [4.78, 5) is 11.8. The van der Waals surface area contributed by atoms with Gasteiger partial charge in [-0.25, -0.2) is 14.6 Å². The van der Waals surface area contributed by atoms with E-state index in [0.717, 1.165) is 43.3 Å². The number of hydrogen-bond acceptors (Lipinski definition) is 5. The lowest BCUT2D eigenvalue weighted by atomic mass is 10.1. The number of aromatic nitrogens is 5. The van der Waals surface area contributed by atoms with E-state index in [2.05, 4.69) is 20.2 Å². The molecule has 6 nitrogen and oxygen atoms in total. The highest BCUT2D eigenvalue weighted by molar-refractivity contribution is 5.30. The summed E-state index contributed by atoms with van der Waals surface area (Å²) in [6, 6.07) is 10.1. The number of nitrogens with zero attached hydrogens (tertiary/aromatic N) is 6. The Kier molecular flexibility index (Phi) is 3.56. The highest BCUT2D eigenvalue weighted by atomic mass is 15.4. The first kappa shape index (κ1) is 14.7. The van der Waals surface area contributed by atoms with E-state index in [1.165, 1.54) is 24.1 Å². The molecule has 0 atom stereocenters. The van der Waals surface area contributed by atoms with Crippen molar-refractivity contribution >= 4 is 0 Å². The van der Waals surface area contributed by atoms with Gasteiger partial charge in [-0.1, -0.05) is 23.4 Å². The van der Waals surface area contributed by atoms with Crippen molar-refractivity contribution in [1.29, 1.82) is 0 Å². The lowest BCUT2D eigenvalue weighted by Gasteiger charge is -2.27. The Labute approximate surface area is 146 Å². The topological polar surface area (TPSA) is 59.7 Å². The molecule has 0 N–H and O–H groups in total. The van der Waals surface area contributed by atoms with Crippen molar-refractivity contribution in [2.45, 2.75) is 38.3 Å². The third-order valence-electron chi connectivity index (χ3n) is 4.92. The lowest BCUT2D eigenvalue weighted by molar-refractivity contribution is 0.239. The molecule has 0 radical (unpaired) electrons. The van der Waals surface area contributed by atoms with Gasteiger partial charge >= 0.3 is 0 Å². The average Bonchev–Trinajstić information content (AvgIpc) is 3.41. The molecule has 1 saturated carbocycles. The van der Waals surface area contributed by atoms with E-state index in [9.17, 15) is 0 Å². The second-order valence-corrected chi connectivity index (χ2v) is 6.93. The van der Waals surface area contributed by atoms with Gasteiger partial charge in [0.2, 0.25) is 0 Å². The van der Waals surface area contributed by atoms with E-state index in [1.807, 2.05) is 47.4 Å². The van der Waals surface area contributed by atoms with Crippen LogP contribution in [0.4, 0.5) is 0 Å². The van der Waals surface area contributed by atoms with Crippen LogP contribution in [0.5, 0.6) is 0 Å². The zero-order chi connectivity index (χ0) is 16.6. The van der Waals surface area contributed by atoms with Gasteiger partial charge in [-0.05, 0) is 25.0 Å². The molecule has 0 amide bonds. The summed E-state index contributed by atoms with van der Waals surface area (Å²) in [6.45, 7) is 2.70. The molecule has 126 valence electrons. The van der Waals surface area contributed by atoms with Crippen molar-refractivity contribution in [3.8, 4) is 5.69 Å². The van der Waals surface area contributed by atoms with E-state index in [4.69, 9.17) is 4.98 Å². The maximum absolute atomic E-state index is 4.79. The maximum Gasteiger partial charge on any atom is 0.131 e. The molecule has 1 aromatic carbocycles. The van der Waals surface area contributed by atoms with Gasteiger partial charge in [0.15, 0.2) is 0 Å². The highest BCUT2D eigenvalue weighted by Crippen LogP contribution is 2.38. The zero-order valence-corrected chi connectivity index (χ0v) is 14.0. The molecular weight excluding hydrogens is 312 g/mol. The summed E-state index contributed by atoms with van der Waals surface area (Å²) in [6.07, 6.45) is 7.54. The van der Waals surface area contributed by atoms with Crippen molar-refractivity contribution in [2.24, 2.45) is 0 Å². The molecule has 2 aromatic heterocycles. The second-order valence-electron chi connectivity index (χ2n) is 6.93. The Hall–Kier alpha value is -2.60. The molecule has 1 aliphatic carbocycles. The Morgan fingerprint density at radius 3 is 2.84 bits per heavy atom. The van der Waals surface area contributed by atoms with Gasteiger partial charge in [-0.15, -0.1) is 5.10 Å². The minimum atomic E-state index is 0.622. The van der Waals surface area contributed by atoms with Gasteiger partial charge in [0.05, 0.1) is 17.6 Å². The summed E-state index contributed by atoms with van der Waals surface area (Å²) in [5, 5.41) is 8.58. The molecule has 0 saturated heterocycles. The zero-order valence-electron chi connectivity index (χ0n) is 14.0. The monoisotopic (exact) mass is 332 g/mol. The summed E-state index contributed by atoms with van der Waals surface area (Å²) >= 11 is 0. The molecule has 2 aliphatic rings. The SMILES string of the molecule is c1ccc(-n2cc(CN3CCc4nc(C5CC5)ncc4C3)nn2)cc1. The van der Waals surface area contributed by atoms with Crippen LogP contribution >= 0.6 is 0 Å². The smallest absolute Gasteiger partial charge is 0.131 e. The normalized spacial score (nSPS) is 17.4. The average molecular weight is 332 g/mol. The predicted molar refractivity (Wildman–Crippen MR) is 93.2 cm³/mol. The summed E-state index contributed by atoms with van der Waals surface area (Å²) in [5.74, 6) is 1.68. The van der Waals surface area contributed by atoms with Crippen molar-refractivity contribution in [3.05, 3.63) is 65.5 Å². The summed E-state index contributed by atoms with van der Waals surface area (Å²) in [5.41, 5.74) is 4.52. The lowest BCUT2D eigenvalue weighted by Crippen LogP contribution is -2.31. The number of hydrogen-bond donors (Lipinski definition) is 0. The van der Waals surface area contributed by atoms with E-state index in [0.29, 0.717) is 5.92 Å². The molecule has 1 fully saturated rings. The molecule has 1 aliphatic heterocycles. The van der Waals surface area contributed by atoms with Crippen molar-refractivity contribution < 1.29 is 0 Å². The summed E-state index contributed by atoms with van der Waals surface area (Å²) < 4.78 is 1.83. The second kappa shape index (κ2) is 6.04. The highest BCUT2D eigenvalue weighted by Gasteiger charge is 2.28. The number of fused-ring (bicyclic) bond motifs is 1. The quantitative estimate of drug-likeness (QED) is 0.735. The van der Waals surface area contributed by atoms with E-state index < -0.39 is 0 Å². The predicted octanol–water partition coefficient (Wildman–Crippen LogP) is 2.49. The number of benzene rings is 1. The Balaban J connectivity index is 1.29. The molecule has 3 heterocycles. The van der Waals surface area contributed by atoms with Gasteiger partial charge in [-0.2, -0.15) is 0 Å². The fourth-order valence-corrected chi connectivity index (χ4v) is 3.37. The van der Waals surface area contributed by atoms with Gasteiger partial charge in [0.25, 0.3) is 0 Å². The number of rotatable bonds is 4. The van der Waals surface area contributed by atoms with Gasteiger partial charge < -0.3 is 0 Å². The van der Waals surface area contributed by atoms with Crippen LogP contribution in [-0.2, 0) is 19.5 Å². The van der Waals surface area contributed by atoms with Crippen LogP contribution in [0.3, 0.4) is 0 Å². The number of para-hydroxylation sites is 1. The maximum atomic E-state index is 4.79. The van der Waals surface area contributed by atoms with Crippen LogP contribution in [0.2, 0.25) is 0 Å². The van der Waals surface area contributed by atoms with Crippen molar-refractivity contribution in [2.75, 3.05) is 6.54 Å². The van der Waals surface area contributed by atoms with Crippen LogP contribution in [0, 0.1) is 0 Å². The fourth-order valence-electron chi connectivity index (χ4n) is 3.37. The van der Waals surface area contributed by atoms with Gasteiger partial charge in [0.1, 0.15) is 5.82 Å². The minimum Gasteiger partial charge on any atom is -0.293 e. The van der Waals surface area contributed by atoms with Crippen LogP contribution in [0.15, 0.2) is 42.7 Å². The first-order chi connectivity index (χ1) is 12.3. The third kappa shape index (κ3) is 3.05. The van der Waals surface area contributed by atoms with Crippen LogP contribution in [0.25, 0.3) is 5.69 Å². The minimum absolute atomic E-state index is 0.622. The Morgan fingerprint density at radius 1 is 1.12 bits per heavy atom. The van der Waals surface area contributed by atoms with E-state index >= 15 is 0 Å². The Bertz CT molecular complexity index is 884. The standard InChI is InChI=1S/C19H20N6/c1-2-4-17(5-3-1)25-13-16(22-23-25)12-24-9-8-18-15(11-24)10-20-19(21-18)14-6-7-14/h1-5,10,13-14H,6-9,11-12H2. The molecule has 3 aromatic rings. The molecule has 0 spiro atoms. The molecule has 6 heteroatoms. The fraction of sp³-hybridized carbons (Fsp3) is 0.368. The van der Waals surface area contributed by atoms with Gasteiger partial charge in [-0.3, -0.25) is 4.90 Å². The first-order valence-corrected chi connectivity index (χ1v) is 8.89. The molecular formula is C19H20N6. The third-order valence-corrected chi connectivity index (χ3v) is 4.92. The Morgan fingerprint density at radius 2 is 2.00 bits per heavy atom. The van der Waals surface area contributed by atoms with Gasteiger partial charge in [0, 0.05) is 49.4 Å². The van der Waals surface area contributed by atoms with E-state index in [1.54, 1.807) is 0 Å². The molecule has 5 rings (SSSR count). The largest absolute Gasteiger partial charge is 0.293 e. The van der Waals surface area contributed by atoms with E-state index in [-0.39, 0.29) is 0 Å². The molecule has 0 bridgehead atoms. The van der Waals surface area contributed by atoms with Crippen LogP contribution < -0.4 is 0 Å². The first-order valence-electron chi connectivity index (χ1n) is 8.89. The van der Waals surface area contributed by atoms with Crippen LogP contribution in [-0.4, -0.2) is 36.4 Å². The van der Waals surface area contributed by atoms with Crippen molar-refractivity contribution in [1.82, 2.24) is 29.9 Å². The van der Waals surface area contributed by atoms with Crippen LogP contribution in [0.1, 0.15) is 41.5 Å². The molecule has 25 heavy (non-hydrogen) atoms. The molecule has 0 unspecified atom stereocenters.